The largest absolute Gasteiger partial charge is 0.494 e. The van der Waals surface area contributed by atoms with E-state index in [1.807, 2.05) is 0 Å². The second-order valence-electron chi connectivity index (χ2n) is 4.40. The number of ether oxygens (including phenoxy) is 2. The third-order valence-electron chi connectivity index (χ3n) is 2.85. The van der Waals surface area contributed by atoms with E-state index in [9.17, 15) is 14.9 Å². The van der Waals surface area contributed by atoms with Crippen LogP contribution in [-0.4, -0.2) is 36.0 Å². The number of carbonyl (C=O) groups excluding carboxylic acids is 1. The zero-order chi connectivity index (χ0) is 15.4. The van der Waals surface area contributed by atoms with Crippen molar-refractivity contribution < 1.29 is 19.2 Å². The molecule has 21 heavy (non-hydrogen) atoms. The Hall–Kier alpha value is -2.28. The van der Waals surface area contributed by atoms with Gasteiger partial charge < -0.3 is 14.4 Å². The van der Waals surface area contributed by atoms with Gasteiger partial charge in [-0.3, -0.25) is 14.9 Å². The summed E-state index contributed by atoms with van der Waals surface area (Å²) in [6, 6.07) is 4.10. The molecule has 0 radical (unpaired) electrons. The molecule has 112 valence electrons. The van der Waals surface area contributed by atoms with Crippen molar-refractivity contribution in [2.45, 2.75) is 6.54 Å². The highest BCUT2D eigenvalue weighted by molar-refractivity contribution is 6.31. The zero-order valence-electron chi connectivity index (χ0n) is 11.2. The third kappa shape index (κ3) is 3.63. The quantitative estimate of drug-likeness (QED) is 0.628. The van der Waals surface area contributed by atoms with Gasteiger partial charge in [-0.1, -0.05) is 11.6 Å². The lowest BCUT2D eigenvalue weighted by atomic mass is 10.2. The molecule has 0 aromatic heterocycles. The summed E-state index contributed by atoms with van der Waals surface area (Å²) in [6.07, 6.45) is 1.26. The number of halogens is 1. The maximum atomic E-state index is 12.1. The van der Waals surface area contributed by atoms with E-state index in [0.717, 1.165) is 0 Å². The van der Waals surface area contributed by atoms with Gasteiger partial charge in [-0.05, 0) is 11.6 Å². The fraction of sp³-hybridized carbons (Fsp3) is 0.308. The van der Waals surface area contributed by atoms with Crippen molar-refractivity contribution in [1.82, 2.24) is 4.90 Å². The van der Waals surface area contributed by atoms with Gasteiger partial charge in [-0.15, -0.1) is 0 Å². The molecule has 0 bridgehead atoms. The SMILES string of the molecule is CN(Cc1cc([N+](=O)[O-])ccc1Cl)C(=O)C1=COCCO1. The average Bonchev–Trinajstić information content (AvgIpc) is 2.49. The summed E-state index contributed by atoms with van der Waals surface area (Å²) >= 11 is 6.00. The fourth-order valence-corrected chi connectivity index (χ4v) is 1.97. The Labute approximate surface area is 125 Å². The number of non-ortho nitro benzene ring substituents is 1. The van der Waals surface area contributed by atoms with E-state index >= 15 is 0 Å². The number of amides is 1. The number of nitrogens with zero attached hydrogens (tertiary/aromatic N) is 2. The van der Waals surface area contributed by atoms with Gasteiger partial charge in [-0.25, -0.2) is 0 Å². The third-order valence-corrected chi connectivity index (χ3v) is 3.22. The van der Waals surface area contributed by atoms with Crippen molar-refractivity contribution in [1.29, 1.82) is 0 Å². The van der Waals surface area contributed by atoms with Crippen LogP contribution in [0.2, 0.25) is 5.02 Å². The first-order valence-corrected chi connectivity index (χ1v) is 6.49. The second kappa shape index (κ2) is 6.45. The van der Waals surface area contributed by atoms with Crippen molar-refractivity contribution in [2.24, 2.45) is 0 Å². The van der Waals surface area contributed by atoms with Crippen molar-refractivity contribution in [3.8, 4) is 0 Å². The molecule has 2 rings (SSSR count). The number of hydrogen-bond acceptors (Lipinski definition) is 5. The number of nitro groups is 1. The molecule has 0 aliphatic carbocycles. The van der Waals surface area contributed by atoms with E-state index in [1.54, 1.807) is 7.05 Å². The Balaban J connectivity index is 2.13. The van der Waals surface area contributed by atoms with Gasteiger partial charge in [0.25, 0.3) is 11.6 Å². The molecule has 8 heteroatoms. The summed E-state index contributed by atoms with van der Waals surface area (Å²) in [5, 5.41) is 11.1. The minimum Gasteiger partial charge on any atom is -0.494 e. The summed E-state index contributed by atoms with van der Waals surface area (Å²) in [6.45, 7) is 0.834. The topological polar surface area (TPSA) is 81.9 Å². The highest BCUT2D eigenvalue weighted by Gasteiger charge is 2.21. The molecule has 1 aliphatic heterocycles. The molecular formula is C13H13ClN2O5. The molecule has 1 amide bonds. The van der Waals surface area contributed by atoms with Crippen LogP contribution in [0.15, 0.2) is 30.2 Å². The lowest BCUT2D eigenvalue weighted by Gasteiger charge is -2.21. The van der Waals surface area contributed by atoms with Crippen LogP contribution in [0, 0.1) is 10.1 Å². The molecule has 0 fully saturated rings. The molecule has 0 N–H and O–H groups in total. The van der Waals surface area contributed by atoms with E-state index in [-0.39, 0.29) is 23.9 Å². The highest BCUT2D eigenvalue weighted by Crippen LogP contribution is 2.23. The van der Waals surface area contributed by atoms with Crippen LogP contribution >= 0.6 is 11.6 Å². The van der Waals surface area contributed by atoms with Crippen LogP contribution in [0.3, 0.4) is 0 Å². The van der Waals surface area contributed by atoms with E-state index in [2.05, 4.69) is 0 Å². The van der Waals surface area contributed by atoms with E-state index in [1.165, 1.54) is 29.4 Å². The number of likely N-dealkylation sites (N-methyl/N-ethyl adjacent to an activating group) is 1. The summed E-state index contributed by atoms with van der Waals surface area (Å²) in [7, 11) is 1.55. The Morgan fingerprint density at radius 1 is 1.48 bits per heavy atom. The first kappa shape index (κ1) is 15.1. The minimum absolute atomic E-state index is 0.0771. The van der Waals surface area contributed by atoms with Crippen molar-refractivity contribution >= 4 is 23.2 Å². The normalized spacial score (nSPS) is 13.7. The molecular weight excluding hydrogens is 300 g/mol. The van der Waals surface area contributed by atoms with Crippen LogP contribution in [0.25, 0.3) is 0 Å². The van der Waals surface area contributed by atoms with Gasteiger partial charge in [-0.2, -0.15) is 0 Å². The smallest absolute Gasteiger partial charge is 0.292 e. The number of benzene rings is 1. The van der Waals surface area contributed by atoms with E-state index in [0.29, 0.717) is 23.8 Å². The van der Waals surface area contributed by atoms with Gasteiger partial charge in [0.15, 0.2) is 0 Å². The molecule has 1 aromatic rings. The fourth-order valence-electron chi connectivity index (χ4n) is 1.79. The van der Waals surface area contributed by atoms with Gasteiger partial charge in [0.2, 0.25) is 5.76 Å². The molecule has 0 spiro atoms. The summed E-state index contributed by atoms with van der Waals surface area (Å²) < 4.78 is 10.2. The minimum atomic E-state index is -0.512. The van der Waals surface area contributed by atoms with Gasteiger partial charge in [0.05, 0.1) is 4.92 Å². The summed E-state index contributed by atoms with van der Waals surface area (Å²) in [5.74, 6) is -0.275. The summed E-state index contributed by atoms with van der Waals surface area (Å²) in [5.41, 5.74) is 0.408. The molecule has 1 heterocycles. The zero-order valence-corrected chi connectivity index (χ0v) is 12.0. The highest BCUT2D eigenvalue weighted by atomic mass is 35.5. The van der Waals surface area contributed by atoms with Crippen LogP contribution in [0.5, 0.6) is 0 Å². The maximum absolute atomic E-state index is 12.1. The number of hydrogen-bond donors (Lipinski definition) is 0. The summed E-state index contributed by atoms with van der Waals surface area (Å²) in [4.78, 5) is 23.7. The van der Waals surface area contributed by atoms with E-state index < -0.39 is 4.92 Å². The first-order valence-electron chi connectivity index (χ1n) is 6.12. The molecule has 0 atom stereocenters. The molecule has 1 aromatic carbocycles. The van der Waals surface area contributed by atoms with Crippen molar-refractivity contribution in [3.05, 3.63) is 50.9 Å². The second-order valence-corrected chi connectivity index (χ2v) is 4.80. The van der Waals surface area contributed by atoms with Crippen LogP contribution in [-0.2, 0) is 20.8 Å². The Morgan fingerprint density at radius 3 is 2.86 bits per heavy atom. The predicted octanol–water partition coefficient (Wildman–Crippen LogP) is 2.09. The van der Waals surface area contributed by atoms with Crippen molar-refractivity contribution in [2.75, 3.05) is 20.3 Å². The molecule has 0 saturated heterocycles. The first-order chi connectivity index (χ1) is 9.99. The van der Waals surface area contributed by atoms with Crippen LogP contribution < -0.4 is 0 Å². The Bertz CT molecular complexity index is 602. The van der Waals surface area contributed by atoms with Gasteiger partial charge in [0, 0.05) is 30.7 Å². The predicted molar refractivity (Wildman–Crippen MR) is 74.6 cm³/mol. The Morgan fingerprint density at radius 2 is 2.24 bits per heavy atom. The number of carbonyl (C=O) groups is 1. The lowest BCUT2D eigenvalue weighted by Crippen LogP contribution is -2.30. The molecule has 7 nitrogen and oxygen atoms in total. The van der Waals surface area contributed by atoms with Crippen LogP contribution in [0.1, 0.15) is 5.56 Å². The van der Waals surface area contributed by atoms with E-state index in [4.69, 9.17) is 21.1 Å². The van der Waals surface area contributed by atoms with Gasteiger partial charge >= 0.3 is 0 Å². The maximum Gasteiger partial charge on any atom is 0.292 e. The number of rotatable bonds is 4. The van der Waals surface area contributed by atoms with Gasteiger partial charge in [0.1, 0.15) is 19.5 Å². The van der Waals surface area contributed by atoms with Crippen LogP contribution in [0.4, 0.5) is 5.69 Å². The molecule has 0 unspecified atom stereocenters. The standard InChI is InChI=1S/C13H13ClN2O5/c1-15(13(17)12-8-20-4-5-21-12)7-9-6-10(16(18)19)2-3-11(9)14/h2-3,6,8H,4-5,7H2,1H3. The monoisotopic (exact) mass is 312 g/mol. The lowest BCUT2D eigenvalue weighted by molar-refractivity contribution is -0.384. The molecule has 1 aliphatic rings. The molecule has 0 saturated carbocycles. The van der Waals surface area contributed by atoms with Crippen molar-refractivity contribution in [3.63, 3.8) is 0 Å². The number of nitro benzene ring substituents is 1. The Kier molecular flexibility index (Phi) is 4.64. The average molecular weight is 313 g/mol.